The van der Waals surface area contributed by atoms with E-state index in [1.165, 1.54) is 16.5 Å². The fourth-order valence-corrected chi connectivity index (χ4v) is 8.12. The topological polar surface area (TPSA) is 173 Å². The summed E-state index contributed by atoms with van der Waals surface area (Å²) in [5, 5.41) is 4.93. The third-order valence-electron chi connectivity index (χ3n) is 9.94. The molecule has 0 radical (unpaired) electrons. The van der Waals surface area contributed by atoms with Crippen molar-refractivity contribution in [3.63, 3.8) is 0 Å². The number of cyclic esters (lactones) is 1. The minimum Gasteiger partial charge on any atom is -0.450 e. The van der Waals surface area contributed by atoms with Crippen molar-refractivity contribution in [2.75, 3.05) is 19.8 Å². The number of ether oxygens (including phenoxy) is 2. The average molecular weight is 702 g/mol. The maximum absolute atomic E-state index is 14.3. The number of rotatable bonds is 6. The molecule has 0 unspecified atom stereocenters. The van der Waals surface area contributed by atoms with Gasteiger partial charge >= 0.3 is 6.09 Å². The molecule has 1 aromatic rings. The molecule has 49 heavy (non-hydrogen) atoms. The molecule has 14 heteroatoms. The Hall–Kier alpha value is -3.52. The van der Waals surface area contributed by atoms with Gasteiger partial charge in [-0.2, -0.15) is 0 Å². The monoisotopic (exact) mass is 701 g/mol. The SMILES string of the molecule is C=C[C@@H]1C[C@]1(NC(=O)[C@H]1C[C@H]2CN1C(=O)[C@H](C(C)(C)C)NC(=O)OCCCCCCc1ncccc1CCCO2)C(=O)NS(=O)(=O)C1CC1. The second-order valence-electron chi connectivity index (χ2n) is 14.9. The zero-order valence-corrected chi connectivity index (χ0v) is 29.7. The Kier molecular flexibility index (Phi) is 11.4. The molecular formula is C35H51N5O8S. The molecular weight excluding hydrogens is 650 g/mol. The number of carbonyl (C=O) groups excluding carboxylic acids is 4. The standard InChI is InChI=1S/C35H51N5O8S/c1-5-24-21-35(24,32(43)39-49(45,46)26-15-16-26)38-30(41)28-20-25-22-40(28)31(42)29(34(2,3)4)37-33(44)48-18-9-7-6-8-14-27-23(12-10-17-36-27)13-11-19-47-25/h5,10,12,17,24-26,28-29H,1,6-9,11,13-16,18-22H2,2-4H3,(H,37,44)(H,38,41)(H,39,43)/t24-,25+,28-,29-,35-/m1/s1. The van der Waals surface area contributed by atoms with Gasteiger partial charge in [0.25, 0.3) is 5.91 Å². The van der Waals surface area contributed by atoms with Gasteiger partial charge in [-0.25, -0.2) is 13.2 Å². The number of pyridine rings is 1. The lowest BCUT2D eigenvalue weighted by Crippen LogP contribution is -2.60. The van der Waals surface area contributed by atoms with Gasteiger partial charge in [-0.1, -0.05) is 45.8 Å². The van der Waals surface area contributed by atoms with Crippen LogP contribution in [0.3, 0.4) is 0 Å². The van der Waals surface area contributed by atoms with Crippen LogP contribution in [0.5, 0.6) is 0 Å². The van der Waals surface area contributed by atoms with Gasteiger partial charge in [0.1, 0.15) is 17.6 Å². The minimum atomic E-state index is -3.86. The van der Waals surface area contributed by atoms with Crippen molar-refractivity contribution in [3.05, 3.63) is 42.2 Å². The van der Waals surface area contributed by atoms with Crippen LogP contribution >= 0.6 is 0 Å². The number of nitrogens with one attached hydrogen (secondary N) is 3. The highest BCUT2D eigenvalue weighted by Gasteiger charge is 2.62. The molecule has 2 saturated carbocycles. The van der Waals surface area contributed by atoms with Gasteiger partial charge in [0.2, 0.25) is 21.8 Å². The number of fused-ring (bicyclic) bond motifs is 3. The van der Waals surface area contributed by atoms with Crippen LogP contribution in [-0.4, -0.2) is 90.9 Å². The van der Waals surface area contributed by atoms with Crippen molar-refractivity contribution in [2.24, 2.45) is 11.3 Å². The third-order valence-corrected chi connectivity index (χ3v) is 11.8. The zero-order chi connectivity index (χ0) is 35.4. The Morgan fingerprint density at radius 3 is 2.55 bits per heavy atom. The minimum absolute atomic E-state index is 0.0957. The lowest BCUT2D eigenvalue weighted by atomic mass is 9.85. The predicted molar refractivity (Wildman–Crippen MR) is 182 cm³/mol. The predicted octanol–water partition coefficient (Wildman–Crippen LogP) is 2.93. The first-order chi connectivity index (χ1) is 23.2. The Bertz CT molecular complexity index is 1520. The van der Waals surface area contributed by atoms with Crippen LogP contribution in [0.2, 0.25) is 0 Å². The molecule has 2 bridgehead atoms. The summed E-state index contributed by atoms with van der Waals surface area (Å²) in [7, 11) is -3.86. The lowest BCUT2D eigenvalue weighted by molar-refractivity contribution is -0.143. The molecule has 1 saturated heterocycles. The number of carbonyl (C=O) groups is 4. The summed E-state index contributed by atoms with van der Waals surface area (Å²) in [6, 6.07) is 1.96. The number of alkyl carbamates (subject to hydrolysis) is 1. The number of hydrogen-bond acceptors (Lipinski definition) is 9. The normalized spacial score (nSPS) is 29.1. The molecule has 2 aliphatic heterocycles. The fourth-order valence-electron chi connectivity index (χ4n) is 6.75. The highest BCUT2D eigenvalue weighted by atomic mass is 32.2. The quantitative estimate of drug-likeness (QED) is 0.377. The smallest absolute Gasteiger partial charge is 0.407 e. The van der Waals surface area contributed by atoms with E-state index >= 15 is 0 Å². The Morgan fingerprint density at radius 1 is 1.10 bits per heavy atom. The largest absolute Gasteiger partial charge is 0.450 e. The summed E-state index contributed by atoms with van der Waals surface area (Å²) in [5.74, 6) is -2.36. The van der Waals surface area contributed by atoms with Crippen molar-refractivity contribution in [1.29, 1.82) is 0 Å². The van der Waals surface area contributed by atoms with Crippen molar-refractivity contribution < 1.29 is 37.1 Å². The molecule has 13 nitrogen and oxygen atoms in total. The molecule has 270 valence electrons. The van der Waals surface area contributed by atoms with E-state index in [0.29, 0.717) is 25.9 Å². The second kappa shape index (κ2) is 15.2. The van der Waals surface area contributed by atoms with E-state index in [1.807, 2.05) is 26.8 Å². The van der Waals surface area contributed by atoms with Gasteiger partial charge < -0.3 is 25.0 Å². The van der Waals surface area contributed by atoms with E-state index in [2.05, 4.69) is 33.0 Å². The second-order valence-corrected chi connectivity index (χ2v) is 16.8. The molecule has 1 aromatic heterocycles. The zero-order valence-electron chi connectivity index (χ0n) is 28.9. The molecule has 3 N–H and O–H groups in total. The van der Waals surface area contributed by atoms with Crippen LogP contribution < -0.4 is 15.4 Å². The van der Waals surface area contributed by atoms with Crippen molar-refractivity contribution >= 4 is 33.8 Å². The molecule has 3 heterocycles. The van der Waals surface area contributed by atoms with Gasteiger partial charge in [-0.15, -0.1) is 6.58 Å². The Labute approximate surface area is 289 Å². The van der Waals surface area contributed by atoms with E-state index in [-0.39, 0.29) is 26.0 Å². The van der Waals surface area contributed by atoms with Crippen molar-refractivity contribution in [2.45, 2.75) is 120 Å². The van der Waals surface area contributed by atoms with E-state index in [0.717, 1.165) is 44.2 Å². The number of hydrogen-bond donors (Lipinski definition) is 3. The molecule has 2 aliphatic carbocycles. The van der Waals surface area contributed by atoms with Crippen LogP contribution in [0, 0.1) is 11.3 Å². The number of nitrogens with zero attached hydrogens (tertiary/aromatic N) is 2. The molecule has 5 rings (SSSR count). The first-order valence-electron chi connectivity index (χ1n) is 17.5. The van der Waals surface area contributed by atoms with Crippen molar-refractivity contribution in [3.8, 4) is 0 Å². The van der Waals surface area contributed by atoms with E-state index < -0.39 is 74.1 Å². The Balaban J connectivity index is 1.36. The number of amides is 4. The number of sulfonamides is 1. The maximum Gasteiger partial charge on any atom is 0.407 e. The number of aryl methyl sites for hydroxylation is 2. The third kappa shape index (κ3) is 8.99. The summed E-state index contributed by atoms with van der Waals surface area (Å²) in [6.45, 7) is 9.92. The van der Waals surface area contributed by atoms with Crippen LogP contribution in [-0.2, 0) is 46.7 Å². The lowest BCUT2D eigenvalue weighted by Gasteiger charge is -2.35. The van der Waals surface area contributed by atoms with Crippen LogP contribution in [0.1, 0.15) is 89.8 Å². The summed E-state index contributed by atoms with van der Waals surface area (Å²) < 4.78 is 39.1. The average Bonchev–Trinajstić information content (AvgIpc) is 3.97. The van der Waals surface area contributed by atoms with Crippen LogP contribution in [0.25, 0.3) is 0 Å². The number of aromatic nitrogens is 1. The highest BCUT2D eigenvalue weighted by Crippen LogP contribution is 2.45. The van der Waals surface area contributed by atoms with Crippen LogP contribution in [0.15, 0.2) is 31.0 Å². The van der Waals surface area contributed by atoms with E-state index in [4.69, 9.17) is 9.47 Å². The first kappa shape index (κ1) is 36.8. The summed E-state index contributed by atoms with van der Waals surface area (Å²) in [4.78, 5) is 60.6. The molecule has 4 aliphatic rings. The van der Waals surface area contributed by atoms with Gasteiger partial charge in [-0.3, -0.25) is 24.1 Å². The van der Waals surface area contributed by atoms with Gasteiger partial charge in [0.05, 0.1) is 18.0 Å². The molecule has 5 atom stereocenters. The molecule has 0 aromatic carbocycles. The molecule has 3 fully saturated rings. The Morgan fingerprint density at radius 2 is 1.86 bits per heavy atom. The maximum atomic E-state index is 14.3. The fraction of sp³-hybridized carbons (Fsp3) is 0.686. The van der Waals surface area contributed by atoms with Crippen molar-refractivity contribution in [1.82, 2.24) is 25.2 Å². The molecule has 4 amide bonds. The summed E-state index contributed by atoms with van der Waals surface area (Å²) in [5.41, 5.74) is 0.000789. The molecule has 0 spiro atoms. The van der Waals surface area contributed by atoms with Gasteiger partial charge in [0, 0.05) is 37.4 Å². The van der Waals surface area contributed by atoms with E-state index in [1.54, 1.807) is 6.20 Å². The van der Waals surface area contributed by atoms with Gasteiger partial charge in [-0.05, 0) is 68.4 Å². The van der Waals surface area contributed by atoms with E-state index in [9.17, 15) is 27.6 Å². The summed E-state index contributed by atoms with van der Waals surface area (Å²) >= 11 is 0. The highest BCUT2D eigenvalue weighted by molar-refractivity contribution is 7.91. The van der Waals surface area contributed by atoms with Gasteiger partial charge in [0.15, 0.2) is 0 Å². The van der Waals surface area contributed by atoms with Crippen LogP contribution in [0.4, 0.5) is 4.79 Å². The first-order valence-corrected chi connectivity index (χ1v) is 19.1. The summed E-state index contributed by atoms with van der Waals surface area (Å²) in [6.07, 6.45) is 9.31.